The van der Waals surface area contributed by atoms with E-state index in [1.807, 2.05) is 0 Å². The molecule has 9 heteroatoms. The summed E-state index contributed by atoms with van der Waals surface area (Å²) in [6.45, 7) is 4.89. The largest absolute Gasteiger partial charge is 0.462 e. The number of rotatable bonds is 7. The van der Waals surface area contributed by atoms with E-state index in [2.05, 4.69) is 4.72 Å². The minimum atomic E-state index is -1.97. The molecular formula is C12H16N2O6S. The third kappa shape index (κ3) is 5.88. The highest BCUT2D eigenvalue weighted by Gasteiger charge is 2.19. The first-order valence-electron chi connectivity index (χ1n) is 6.11. The van der Waals surface area contributed by atoms with Crippen molar-refractivity contribution in [1.82, 2.24) is 4.72 Å². The molecule has 0 aliphatic heterocycles. The molecule has 0 heterocycles. The first kappa shape index (κ1) is 17.1. The molecule has 2 atom stereocenters. The molecule has 0 aliphatic rings. The number of ether oxygens (including phenoxy) is 1. The van der Waals surface area contributed by atoms with Gasteiger partial charge in [0.05, 0.1) is 11.0 Å². The molecule has 0 saturated carbocycles. The van der Waals surface area contributed by atoms with Gasteiger partial charge in [0.2, 0.25) is 0 Å². The summed E-state index contributed by atoms with van der Waals surface area (Å²) in [7, 11) is 0. The van der Waals surface area contributed by atoms with Gasteiger partial charge in [-0.15, -0.1) is 0 Å². The van der Waals surface area contributed by atoms with E-state index in [-0.39, 0.29) is 17.5 Å². The van der Waals surface area contributed by atoms with E-state index in [0.29, 0.717) is 0 Å². The van der Waals surface area contributed by atoms with Crippen LogP contribution < -0.4 is 8.91 Å². The maximum Gasteiger partial charge on any atom is 0.324 e. The van der Waals surface area contributed by atoms with Crippen LogP contribution in [0.2, 0.25) is 0 Å². The molecule has 8 nitrogen and oxygen atoms in total. The molecule has 0 bridgehead atoms. The predicted octanol–water partition coefficient (Wildman–Crippen LogP) is 1.48. The van der Waals surface area contributed by atoms with Crippen LogP contribution in [0.3, 0.4) is 0 Å². The summed E-state index contributed by atoms with van der Waals surface area (Å²) in [5, 5.41) is 10.5. The van der Waals surface area contributed by atoms with Crippen LogP contribution in [-0.4, -0.2) is 27.2 Å². The van der Waals surface area contributed by atoms with E-state index >= 15 is 0 Å². The van der Waals surface area contributed by atoms with Gasteiger partial charge in [0.25, 0.3) is 17.0 Å². The van der Waals surface area contributed by atoms with Crippen LogP contribution in [0.4, 0.5) is 5.69 Å². The van der Waals surface area contributed by atoms with Crippen molar-refractivity contribution in [3.63, 3.8) is 0 Å². The highest BCUT2D eigenvalue weighted by atomic mass is 32.2. The average molecular weight is 316 g/mol. The number of hydrogen-bond acceptors (Lipinski definition) is 6. The van der Waals surface area contributed by atoms with Gasteiger partial charge in [-0.05, 0) is 32.9 Å². The lowest BCUT2D eigenvalue weighted by Gasteiger charge is -2.14. The highest BCUT2D eigenvalue weighted by Crippen LogP contribution is 2.17. The Bertz CT molecular complexity index is 531. The van der Waals surface area contributed by atoms with Gasteiger partial charge in [0.15, 0.2) is 0 Å². The number of nitrogens with zero attached hydrogens (tertiary/aromatic N) is 1. The van der Waals surface area contributed by atoms with Crippen LogP contribution in [0.1, 0.15) is 20.8 Å². The molecule has 21 heavy (non-hydrogen) atoms. The fraction of sp³-hybridized carbons (Fsp3) is 0.417. The number of esters is 1. The lowest BCUT2D eigenvalue weighted by molar-refractivity contribution is -0.384. The zero-order chi connectivity index (χ0) is 16.0. The third-order valence-electron chi connectivity index (χ3n) is 2.20. The van der Waals surface area contributed by atoms with Gasteiger partial charge in [-0.1, -0.05) is 0 Å². The second-order valence-electron chi connectivity index (χ2n) is 4.39. The number of benzene rings is 1. The van der Waals surface area contributed by atoms with Gasteiger partial charge < -0.3 is 8.92 Å². The van der Waals surface area contributed by atoms with E-state index in [1.54, 1.807) is 13.8 Å². The zero-order valence-electron chi connectivity index (χ0n) is 11.8. The number of non-ortho nitro benzene ring substituents is 1. The molecule has 1 N–H and O–H groups in total. The molecule has 0 radical (unpaired) electrons. The maximum atomic E-state index is 11.7. The Morgan fingerprint density at radius 3 is 2.33 bits per heavy atom. The number of nitro benzene ring substituents is 1. The third-order valence-corrected chi connectivity index (χ3v) is 3.09. The minimum absolute atomic E-state index is 0.102. The van der Waals surface area contributed by atoms with E-state index in [9.17, 15) is 19.1 Å². The summed E-state index contributed by atoms with van der Waals surface area (Å²) in [6, 6.07) is 4.27. The van der Waals surface area contributed by atoms with Crippen LogP contribution in [0.25, 0.3) is 0 Å². The first-order chi connectivity index (χ1) is 9.79. The van der Waals surface area contributed by atoms with Crippen molar-refractivity contribution in [3.05, 3.63) is 34.4 Å². The van der Waals surface area contributed by atoms with Crippen LogP contribution in [0, 0.1) is 10.1 Å². The van der Waals surface area contributed by atoms with Crippen molar-refractivity contribution in [2.75, 3.05) is 0 Å². The molecule has 0 amide bonds. The summed E-state index contributed by atoms with van der Waals surface area (Å²) in [6.07, 6.45) is -0.272. The van der Waals surface area contributed by atoms with Crippen molar-refractivity contribution in [1.29, 1.82) is 0 Å². The minimum Gasteiger partial charge on any atom is -0.462 e. The number of hydrogen-bond donors (Lipinski definition) is 1. The average Bonchev–Trinajstić information content (AvgIpc) is 2.38. The normalized spacial score (nSPS) is 13.5. The summed E-state index contributed by atoms with van der Waals surface area (Å²) < 4.78 is 24.0. The predicted molar refractivity (Wildman–Crippen MR) is 75.7 cm³/mol. The standard InChI is InChI=1S/C12H16N2O6S/c1-8(2)19-12(15)9(3)13-21(18)20-11-6-4-10(5-7-11)14(16)17/h4-9,13H,1-3H3/t9-,21?/m0/s1. The summed E-state index contributed by atoms with van der Waals surface area (Å²) >= 11 is -1.97. The second kappa shape index (κ2) is 7.70. The Hall–Kier alpha value is -2.00. The van der Waals surface area contributed by atoms with Crippen molar-refractivity contribution >= 4 is 22.9 Å². The van der Waals surface area contributed by atoms with Gasteiger partial charge in [-0.3, -0.25) is 14.9 Å². The Kier molecular flexibility index (Phi) is 6.25. The number of carbonyl (C=O) groups is 1. The summed E-state index contributed by atoms with van der Waals surface area (Å²) in [4.78, 5) is 21.4. The summed E-state index contributed by atoms with van der Waals surface area (Å²) in [5.74, 6) is -0.374. The Balaban J connectivity index is 2.53. The van der Waals surface area contributed by atoms with Crippen LogP contribution in [0.5, 0.6) is 5.75 Å². The molecule has 0 aromatic heterocycles. The van der Waals surface area contributed by atoms with Gasteiger partial charge in [-0.2, -0.15) is 8.93 Å². The highest BCUT2D eigenvalue weighted by molar-refractivity contribution is 7.78. The van der Waals surface area contributed by atoms with Crippen molar-refractivity contribution in [2.24, 2.45) is 0 Å². The van der Waals surface area contributed by atoms with E-state index in [4.69, 9.17) is 8.92 Å². The van der Waals surface area contributed by atoms with E-state index < -0.39 is 28.2 Å². The fourth-order valence-corrected chi connectivity index (χ4v) is 1.98. The topological polar surface area (TPSA) is 108 Å². The molecular weight excluding hydrogens is 300 g/mol. The fourth-order valence-electron chi connectivity index (χ4n) is 1.26. The first-order valence-corrected chi connectivity index (χ1v) is 7.18. The molecule has 1 rings (SSSR count). The molecule has 1 aromatic rings. The quantitative estimate of drug-likeness (QED) is 0.464. The number of carbonyl (C=O) groups excluding carboxylic acids is 1. The number of nitro groups is 1. The molecule has 116 valence electrons. The monoisotopic (exact) mass is 316 g/mol. The van der Waals surface area contributed by atoms with Crippen LogP contribution in [-0.2, 0) is 20.8 Å². The molecule has 1 unspecified atom stereocenters. The lowest BCUT2D eigenvalue weighted by atomic mass is 10.3. The van der Waals surface area contributed by atoms with E-state index in [1.165, 1.54) is 31.2 Å². The summed E-state index contributed by atoms with van der Waals surface area (Å²) in [5.41, 5.74) is -0.102. The van der Waals surface area contributed by atoms with Gasteiger partial charge in [-0.25, -0.2) is 0 Å². The Labute approximate surface area is 124 Å². The number of nitrogens with one attached hydrogen (secondary N) is 1. The molecule has 0 fully saturated rings. The molecule has 0 spiro atoms. The Morgan fingerprint density at radius 2 is 1.86 bits per heavy atom. The van der Waals surface area contributed by atoms with Crippen LogP contribution in [0.15, 0.2) is 24.3 Å². The Morgan fingerprint density at radius 1 is 1.29 bits per heavy atom. The maximum absolute atomic E-state index is 11.7. The zero-order valence-corrected chi connectivity index (χ0v) is 12.6. The van der Waals surface area contributed by atoms with Crippen molar-refractivity contribution in [2.45, 2.75) is 32.9 Å². The van der Waals surface area contributed by atoms with Gasteiger partial charge >= 0.3 is 5.97 Å². The van der Waals surface area contributed by atoms with Gasteiger partial charge in [0.1, 0.15) is 11.8 Å². The lowest BCUT2D eigenvalue weighted by Crippen LogP contribution is -2.39. The SMILES string of the molecule is CC(C)OC(=O)[C@H](C)NS(=O)Oc1ccc([N+](=O)[O-])cc1. The molecule has 1 aromatic carbocycles. The van der Waals surface area contributed by atoms with Crippen molar-refractivity contribution < 1.29 is 22.8 Å². The van der Waals surface area contributed by atoms with Gasteiger partial charge in [0, 0.05) is 12.1 Å². The second-order valence-corrected chi connectivity index (χ2v) is 5.27. The smallest absolute Gasteiger partial charge is 0.324 e. The molecule has 0 aliphatic carbocycles. The van der Waals surface area contributed by atoms with E-state index in [0.717, 1.165) is 0 Å². The molecule has 0 saturated heterocycles. The van der Waals surface area contributed by atoms with Crippen LogP contribution >= 0.6 is 0 Å². The van der Waals surface area contributed by atoms with Crippen molar-refractivity contribution in [3.8, 4) is 5.75 Å².